The summed E-state index contributed by atoms with van der Waals surface area (Å²) < 4.78 is 38.8. The maximum Gasteiger partial charge on any atom is 0.408 e. The van der Waals surface area contributed by atoms with E-state index in [1.165, 1.54) is 0 Å². The first-order chi connectivity index (χ1) is 18.4. The van der Waals surface area contributed by atoms with Crippen LogP contribution in [-0.2, 0) is 25.2 Å². The van der Waals surface area contributed by atoms with E-state index in [-0.39, 0.29) is 18.7 Å². The van der Waals surface area contributed by atoms with Crippen LogP contribution in [0.3, 0.4) is 0 Å². The quantitative estimate of drug-likeness (QED) is 0.276. The van der Waals surface area contributed by atoms with Crippen molar-refractivity contribution in [2.75, 3.05) is 0 Å². The van der Waals surface area contributed by atoms with E-state index < -0.39 is 33.4 Å². The molecule has 9 heteroatoms. The van der Waals surface area contributed by atoms with Gasteiger partial charge in [-0.2, -0.15) is 0 Å². The molecule has 0 bridgehead atoms. The highest BCUT2D eigenvalue weighted by Crippen LogP contribution is 2.36. The lowest BCUT2D eigenvalue weighted by atomic mass is 9.77. The third-order valence-electron chi connectivity index (χ3n) is 5.81. The van der Waals surface area contributed by atoms with Crippen LogP contribution in [0.15, 0.2) is 102 Å². The van der Waals surface area contributed by atoms with Crippen LogP contribution >= 0.6 is 0 Å². The highest BCUT2D eigenvalue weighted by molar-refractivity contribution is 7.88. The second kappa shape index (κ2) is 12.7. The third kappa shape index (κ3) is 8.80. The molecule has 0 spiro atoms. The molecule has 0 aliphatic carbocycles. The molecule has 0 aromatic heterocycles. The van der Waals surface area contributed by atoms with E-state index in [4.69, 9.17) is 4.74 Å². The maximum atomic E-state index is 13.5. The number of ether oxygens (including phenoxy) is 1. The second-order valence-electron chi connectivity index (χ2n) is 10.0. The molecule has 1 atom stereocenters. The van der Waals surface area contributed by atoms with Gasteiger partial charge in [-0.3, -0.25) is 4.79 Å². The Morgan fingerprint density at radius 3 is 1.67 bits per heavy atom. The van der Waals surface area contributed by atoms with E-state index in [0.717, 1.165) is 22.8 Å². The first kappa shape index (κ1) is 29.6. The van der Waals surface area contributed by atoms with Gasteiger partial charge in [-0.25, -0.2) is 13.2 Å². The van der Waals surface area contributed by atoms with E-state index in [0.29, 0.717) is 5.41 Å². The zero-order valence-electron chi connectivity index (χ0n) is 22.2. The molecule has 8 nitrogen and oxygen atoms in total. The Balaban J connectivity index is 1.93. The van der Waals surface area contributed by atoms with Gasteiger partial charge in [-0.15, -0.1) is 0 Å². The fourth-order valence-electron chi connectivity index (χ4n) is 4.21. The normalized spacial score (nSPS) is 13.0. The molecule has 0 saturated heterocycles. The van der Waals surface area contributed by atoms with Crippen molar-refractivity contribution in [3.05, 3.63) is 119 Å². The fraction of sp³-hybridized carbons (Fsp3) is 0.267. The Morgan fingerprint density at radius 2 is 1.28 bits per heavy atom. The van der Waals surface area contributed by atoms with Crippen LogP contribution in [0.25, 0.3) is 0 Å². The molecule has 2 amide bonds. The Hall–Kier alpha value is -3.95. The van der Waals surface area contributed by atoms with Crippen molar-refractivity contribution < 1.29 is 27.3 Å². The van der Waals surface area contributed by atoms with Gasteiger partial charge in [0, 0.05) is 11.8 Å². The van der Waals surface area contributed by atoms with Crippen molar-refractivity contribution >= 4 is 22.1 Å². The van der Waals surface area contributed by atoms with Crippen molar-refractivity contribution in [1.82, 2.24) is 10.6 Å². The lowest BCUT2D eigenvalue weighted by Gasteiger charge is -2.37. The summed E-state index contributed by atoms with van der Waals surface area (Å²) in [5, 5.41) is 6.21. The van der Waals surface area contributed by atoms with Gasteiger partial charge in [0.15, 0.2) is 0 Å². The SMILES string of the molecule is CC(C)(C)OC(=O)NC(/C=C/S(=O)(=O)[O-])CCC(=O)NC(c1ccccc1)(c1ccccc1)c1ccccc1. The van der Waals surface area contributed by atoms with Crippen LogP contribution in [0.1, 0.15) is 50.3 Å². The molecule has 1 unspecified atom stereocenters. The van der Waals surface area contributed by atoms with Gasteiger partial charge in [0.25, 0.3) is 0 Å². The zero-order chi connectivity index (χ0) is 28.5. The molecule has 39 heavy (non-hydrogen) atoms. The summed E-state index contributed by atoms with van der Waals surface area (Å²) in [7, 11) is -4.69. The molecule has 3 rings (SSSR count). The largest absolute Gasteiger partial charge is 0.744 e. The molecule has 0 heterocycles. The zero-order valence-corrected chi connectivity index (χ0v) is 23.0. The average molecular weight is 550 g/mol. The number of hydrogen-bond acceptors (Lipinski definition) is 6. The van der Waals surface area contributed by atoms with Crippen LogP contribution in [0, 0.1) is 0 Å². The highest BCUT2D eigenvalue weighted by Gasteiger charge is 2.37. The fourth-order valence-corrected chi connectivity index (χ4v) is 4.59. The minimum Gasteiger partial charge on any atom is -0.744 e. The Labute approximate surface area is 229 Å². The van der Waals surface area contributed by atoms with Gasteiger partial charge in [0.05, 0.1) is 6.04 Å². The van der Waals surface area contributed by atoms with Gasteiger partial charge in [0.1, 0.15) is 21.3 Å². The number of nitrogens with one attached hydrogen (secondary N) is 2. The number of hydrogen-bond donors (Lipinski definition) is 2. The standard InChI is InChI=1S/C30H34N2O6S/c1-29(2,3)38-28(34)31-26(21-22-39(35,36)37)19-20-27(33)32-30(23-13-7-4-8-14-23,24-15-9-5-10-16-24)25-17-11-6-12-18-25/h4-18,21-22,26H,19-20H2,1-3H3,(H,31,34)(H,32,33)(H,35,36,37)/p-1/b22-21+. The molecule has 0 radical (unpaired) electrons. The monoisotopic (exact) mass is 549 g/mol. The lowest BCUT2D eigenvalue weighted by Crippen LogP contribution is -2.48. The van der Waals surface area contributed by atoms with Crippen LogP contribution in [0.4, 0.5) is 4.79 Å². The average Bonchev–Trinajstić information content (AvgIpc) is 2.89. The summed E-state index contributed by atoms with van der Waals surface area (Å²) in [6.45, 7) is 5.05. The van der Waals surface area contributed by atoms with Crippen molar-refractivity contribution in [2.24, 2.45) is 0 Å². The minimum atomic E-state index is -4.69. The van der Waals surface area contributed by atoms with Gasteiger partial charge in [0.2, 0.25) is 5.91 Å². The lowest BCUT2D eigenvalue weighted by molar-refractivity contribution is -0.122. The summed E-state index contributed by atoms with van der Waals surface area (Å²) in [6.07, 6.45) is 0.190. The molecule has 0 aliphatic heterocycles. The van der Waals surface area contributed by atoms with E-state index >= 15 is 0 Å². The topological polar surface area (TPSA) is 125 Å². The predicted molar refractivity (Wildman–Crippen MR) is 149 cm³/mol. The molecule has 3 aromatic carbocycles. The summed E-state index contributed by atoms with van der Waals surface area (Å²) in [6, 6.07) is 27.8. The number of carbonyl (C=O) groups excluding carboxylic acids is 2. The minimum absolute atomic E-state index is 0.0194. The van der Waals surface area contributed by atoms with Crippen LogP contribution in [-0.4, -0.2) is 36.6 Å². The van der Waals surface area contributed by atoms with Crippen LogP contribution < -0.4 is 10.6 Å². The summed E-state index contributed by atoms with van der Waals surface area (Å²) in [5.74, 6) is -0.346. The van der Waals surface area contributed by atoms with E-state index in [9.17, 15) is 22.6 Å². The number of carbonyl (C=O) groups is 2. The second-order valence-corrected chi connectivity index (χ2v) is 11.3. The smallest absolute Gasteiger partial charge is 0.408 e. The summed E-state index contributed by atoms with van der Waals surface area (Å²) in [4.78, 5) is 25.9. The highest BCUT2D eigenvalue weighted by atomic mass is 32.2. The first-order valence-electron chi connectivity index (χ1n) is 12.5. The number of alkyl carbamates (subject to hydrolysis) is 1. The molecule has 0 aliphatic rings. The Bertz CT molecular complexity index is 1270. The van der Waals surface area contributed by atoms with E-state index in [1.807, 2.05) is 91.0 Å². The van der Waals surface area contributed by atoms with Gasteiger partial charge in [-0.1, -0.05) is 97.1 Å². The summed E-state index contributed by atoms with van der Waals surface area (Å²) >= 11 is 0. The molecular formula is C30H33N2O6S-. The first-order valence-corrected chi connectivity index (χ1v) is 14.0. The molecular weight excluding hydrogens is 516 g/mol. The third-order valence-corrected chi connectivity index (χ3v) is 6.30. The number of benzene rings is 3. The van der Waals surface area contributed by atoms with E-state index in [2.05, 4.69) is 10.6 Å². The van der Waals surface area contributed by atoms with Crippen molar-refractivity contribution in [3.63, 3.8) is 0 Å². The number of rotatable bonds is 10. The Kier molecular flexibility index (Phi) is 9.66. The predicted octanol–water partition coefficient (Wildman–Crippen LogP) is 4.83. The van der Waals surface area contributed by atoms with Gasteiger partial charge < -0.3 is 19.9 Å². The van der Waals surface area contributed by atoms with Crippen molar-refractivity contribution in [2.45, 2.75) is 50.8 Å². The molecule has 2 N–H and O–H groups in total. The molecule has 0 saturated carbocycles. The van der Waals surface area contributed by atoms with Crippen LogP contribution in [0.5, 0.6) is 0 Å². The summed E-state index contributed by atoms with van der Waals surface area (Å²) in [5.41, 5.74) is 0.717. The van der Waals surface area contributed by atoms with Crippen LogP contribution in [0.2, 0.25) is 0 Å². The molecule has 3 aromatic rings. The molecule has 206 valence electrons. The van der Waals surface area contributed by atoms with Crippen molar-refractivity contribution in [3.8, 4) is 0 Å². The van der Waals surface area contributed by atoms with Crippen molar-refractivity contribution in [1.29, 1.82) is 0 Å². The molecule has 0 fully saturated rings. The van der Waals surface area contributed by atoms with E-state index in [1.54, 1.807) is 20.8 Å². The Morgan fingerprint density at radius 1 is 0.846 bits per heavy atom. The van der Waals surface area contributed by atoms with Gasteiger partial charge >= 0.3 is 6.09 Å². The number of amides is 2. The maximum absolute atomic E-state index is 13.5. The van der Waals surface area contributed by atoms with Gasteiger partial charge in [-0.05, 0) is 43.9 Å².